The van der Waals surface area contributed by atoms with Crippen LogP contribution < -0.4 is 16.0 Å². The lowest BCUT2D eigenvalue weighted by Gasteiger charge is -2.23. The molecule has 1 aliphatic heterocycles. The van der Waals surface area contributed by atoms with Crippen molar-refractivity contribution in [2.75, 3.05) is 30.3 Å². The number of hydrogen-bond acceptors (Lipinski definition) is 3. The number of nitrogens with one attached hydrogen (secondary N) is 3. The normalized spacial score (nSPS) is 23.6. The highest BCUT2D eigenvalue weighted by molar-refractivity contribution is 5.94. The van der Waals surface area contributed by atoms with Gasteiger partial charge >= 0.3 is 18.0 Å². The first-order valence-corrected chi connectivity index (χ1v) is 9.30. The molecule has 1 aliphatic carbocycles. The van der Waals surface area contributed by atoms with E-state index in [9.17, 15) is 19.5 Å². The first-order chi connectivity index (χ1) is 12.9. The quantitative estimate of drug-likeness (QED) is 0.649. The summed E-state index contributed by atoms with van der Waals surface area (Å²) in [7, 11) is 0. The maximum absolute atomic E-state index is 12.7. The van der Waals surface area contributed by atoms with Gasteiger partial charge in [0.05, 0.1) is 5.41 Å². The van der Waals surface area contributed by atoms with Gasteiger partial charge in [0.15, 0.2) is 0 Å². The number of carbonyl (C=O) groups is 3. The summed E-state index contributed by atoms with van der Waals surface area (Å²) in [4.78, 5) is 37.8. The third-order valence-corrected chi connectivity index (χ3v) is 5.66. The fourth-order valence-electron chi connectivity index (χ4n) is 4.16. The predicted octanol–water partition coefficient (Wildman–Crippen LogP) is 2.86. The average Bonchev–Trinajstić information content (AvgIpc) is 3.16. The van der Waals surface area contributed by atoms with E-state index < -0.39 is 11.4 Å². The standard InChI is InChI=1S/C19H26N4O4/c1-3-20-17(26)21-14-7-6-12(2)15(9-14)22-18(27)23-10-13-5-4-8-19(13,11-23)16(24)25/h6-7,9,13H,3-5,8,10-11H2,1-2H3,(H,22,27)(H,24,25)(H2,20,21,26)/t13-,19+/m0/s1. The summed E-state index contributed by atoms with van der Waals surface area (Å²) in [5.41, 5.74) is 1.23. The molecule has 27 heavy (non-hydrogen) atoms. The summed E-state index contributed by atoms with van der Waals surface area (Å²) in [6.07, 6.45) is 2.38. The fourth-order valence-corrected chi connectivity index (χ4v) is 4.16. The lowest BCUT2D eigenvalue weighted by Crippen LogP contribution is -2.38. The smallest absolute Gasteiger partial charge is 0.321 e. The van der Waals surface area contributed by atoms with Crippen LogP contribution >= 0.6 is 0 Å². The molecule has 1 saturated heterocycles. The number of rotatable bonds is 4. The second-order valence-electron chi connectivity index (χ2n) is 7.38. The number of anilines is 2. The number of carboxylic acid groups (broad SMARTS) is 1. The molecule has 0 bridgehead atoms. The molecule has 1 heterocycles. The first-order valence-electron chi connectivity index (χ1n) is 9.30. The van der Waals surface area contributed by atoms with Gasteiger partial charge in [-0.2, -0.15) is 0 Å². The van der Waals surface area contributed by atoms with E-state index in [1.807, 2.05) is 19.9 Å². The van der Waals surface area contributed by atoms with Crippen LogP contribution in [0.5, 0.6) is 0 Å². The molecule has 4 amide bonds. The van der Waals surface area contributed by atoms with Crippen molar-refractivity contribution in [3.05, 3.63) is 23.8 Å². The lowest BCUT2D eigenvalue weighted by molar-refractivity contribution is -0.149. The Kier molecular flexibility index (Phi) is 5.25. The molecule has 2 fully saturated rings. The predicted molar refractivity (Wildman–Crippen MR) is 102 cm³/mol. The highest BCUT2D eigenvalue weighted by atomic mass is 16.4. The topological polar surface area (TPSA) is 111 Å². The fraction of sp³-hybridized carbons (Fsp3) is 0.526. The van der Waals surface area contributed by atoms with Gasteiger partial charge in [-0.05, 0) is 50.3 Å². The zero-order valence-electron chi connectivity index (χ0n) is 15.7. The van der Waals surface area contributed by atoms with Gasteiger partial charge in [-0.1, -0.05) is 12.5 Å². The third-order valence-electron chi connectivity index (χ3n) is 5.66. The molecule has 2 atom stereocenters. The molecule has 0 spiro atoms. The Hall–Kier alpha value is -2.77. The van der Waals surface area contributed by atoms with Crippen LogP contribution in [-0.4, -0.2) is 47.7 Å². The van der Waals surface area contributed by atoms with Crippen LogP contribution in [0.2, 0.25) is 0 Å². The van der Waals surface area contributed by atoms with Gasteiger partial charge in [-0.25, -0.2) is 9.59 Å². The second kappa shape index (κ2) is 7.46. The average molecular weight is 374 g/mol. The van der Waals surface area contributed by atoms with E-state index in [4.69, 9.17) is 0 Å². The van der Waals surface area contributed by atoms with E-state index in [0.29, 0.717) is 30.9 Å². The maximum atomic E-state index is 12.7. The SMILES string of the molecule is CCNC(=O)Nc1ccc(C)c(NC(=O)N2C[C@@H]3CCC[C@@]3(C(=O)O)C2)c1. The number of carbonyl (C=O) groups excluding carboxylic acids is 2. The van der Waals surface area contributed by atoms with E-state index in [0.717, 1.165) is 18.4 Å². The van der Waals surface area contributed by atoms with Crippen molar-refractivity contribution in [3.63, 3.8) is 0 Å². The number of amides is 4. The molecule has 1 saturated carbocycles. The van der Waals surface area contributed by atoms with Crippen LogP contribution in [-0.2, 0) is 4.79 Å². The minimum absolute atomic E-state index is 0.0209. The van der Waals surface area contributed by atoms with E-state index in [2.05, 4.69) is 16.0 Å². The largest absolute Gasteiger partial charge is 0.481 e. The Labute approximate surface area is 158 Å². The number of urea groups is 2. The van der Waals surface area contributed by atoms with Gasteiger partial charge in [-0.15, -0.1) is 0 Å². The zero-order chi connectivity index (χ0) is 19.6. The molecule has 0 aromatic heterocycles. The van der Waals surface area contributed by atoms with Crippen molar-refractivity contribution >= 4 is 29.4 Å². The Bertz CT molecular complexity index is 766. The number of aryl methyl sites for hydroxylation is 1. The van der Waals surface area contributed by atoms with Crippen molar-refractivity contribution in [2.45, 2.75) is 33.1 Å². The summed E-state index contributed by atoms with van der Waals surface area (Å²) in [5.74, 6) is -0.780. The minimum Gasteiger partial charge on any atom is -0.481 e. The number of carboxylic acids is 1. The molecule has 0 unspecified atom stereocenters. The minimum atomic E-state index is -0.801. The number of aliphatic carboxylic acids is 1. The molecule has 146 valence electrons. The highest BCUT2D eigenvalue weighted by Gasteiger charge is 2.55. The third kappa shape index (κ3) is 3.70. The van der Waals surface area contributed by atoms with E-state index in [1.54, 1.807) is 17.0 Å². The number of nitrogens with zero attached hydrogens (tertiary/aromatic N) is 1. The zero-order valence-corrected chi connectivity index (χ0v) is 15.7. The van der Waals surface area contributed by atoms with E-state index in [1.165, 1.54) is 0 Å². The van der Waals surface area contributed by atoms with Crippen molar-refractivity contribution in [1.29, 1.82) is 0 Å². The monoisotopic (exact) mass is 374 g/mol. The first kappa shape index (κ1) is 19.0. The number of fused-ring (bicyclic) bond motifs is 1. The molecular weight excluding hydrogens is 348 g/mol. The van der Waals surface area contributed by atoms with E-state index in [-0.39, 0.29) is 24.5 Å². The van der Waals surface area contributed by atoms with Crippen LogP contribution in [0, 0.1) is 18.3 Å². The van der Waals surface area contributed by atoms with Crippen molar-refractivity contribution in [1.82, 2.24) is 10.2 Å². The molecular formula is C19H26N4O4. The van der Waals surface area contributed by atoms with Gasteiger partial charge in [0.1, 0.15) is 0 Å². The molecule has 2 aliphatic rings. The summed E-state index contributed by atoms with van der Waals surface area (Å²) < 4.78 is 0. The molecule has 1 aromatic rings. The van der Waals surface area contributed by atoms with Crippen LogP contribution in [0.15, 0.2) is 18.2 Å². The Morgan fingerprint density at radius 2 is 2.07 bits per heavy atom. The molecule has 8 heteroatoms. The maximum Gasteiger partial charge on any atom is 0.321 e. The molecule has 4 N–H and O–H groups in total. The van der Waals surface area contributed by atoms with Gasteiger partial charge in [0.2, 0.25) is 0 Å². The number of benzene rings is 1. The summed E-state index contributed by atoms with van der Waals surface area (Å²) >= 11 is 0. The summed E-state index contributed by atoms with van der Waals surface area (Å²) in [5, 5.41) is 17.9. The summed E-state index contributed by atoms with van der Waals surface area (Å²) in [6, 6.07) is 4.67. The molecule has 3 rings (SSSR count). The van der Waals surface area contributed by atoms with Crippen molar-refractivity contribution < 1.29 is 19.5 Å². The van der Waals surface area contributed by atoms with Crippen LogP contribution in [0.1, 0.15) is 31.7 Å². The Balaban J connectivity index is 1.69. The molecule has 1 aromatic carbocycles. The van der Waals surface area contributed by atoms with Gasteiger partial charge in [-0.3, -0.25) is 4.79 Å². The van der Waals surface area contributed by atoms with Gasteiger partial charge in [0, 0.05) is 31.0 Å². The van der Waals surface area contributed by atoms with Crippen LogP contribution in [0.3, 0.4) is 0 Å². The Morgan fingerprint density at radius 1 is 1.30 bits per heavy atom. The van der Waals surface area contributed by atoms with Crippen LogP contribution in [0.25, 0.3) is 0 Å². The number of likely N-dealkylation sites (tertiary alicyclic amines) is 1. The highest BCUT2D eigenvalue weighted by Crippen LogP contribution is 2.49. The summed E-state index contributed by atoms with van der Waals surface area (Å²) in [6.45, 7) is 4.92. The van der Waals surface area contributed by atoms with E-state index >= 15 is 0 Å². The van der Waals surface area contributed by atoms with Crippen LogP contribution in [0.4, 0.5) is 21.0 Å². The molecule has 8 nitrogen and oxygen atoms in total. The lowest BCUT2D eigenvalue weighted by atomic mass is 9.81. The van der Waals surface area contributed by atoms with Gasteiger partial charge < -0.3 is 26.0 Å². The van der Waals surface area contributed by atoms with Crippen molar-refractivity contribution in [3.8, 4) is 0 Å². The second-order valence-corrected chi connectivity index (χ2v) is 7.38. The number of hydrogen-bond donors (Lipinski definition) is 4. The van der Waals surface area contributed by atoms with Gasteiger partial charge in [0.25, 0.3) is 0 Å². The molecule has 0 radical (unpaired) electrons. The Morgan fingerprint density at radius 3 is 2.74 bits per heavy atom. The van der Waals surface area contributed by atoms with Crippen molar-refractivity contribution in [2.24, 2.45) is 11.3 Å².